The van der Waals surface area contributed by atoms with E-state index in [9.17, 15) is 4.79 Å². The number of likely N-dealkylation sites (tertiary alicyclic amines) is 1. The molecule has 2 rings (SSSR count). The van der Waals surface area contributed by atoms with Crippen LogP contribution in [0.15, 0.2) is 24.3 Å². The molecule has 1 aliphatic rings. The molecule has 1 saturated heterocycles. The number of nitrogens with two attached hydrogens (primary N) is 1. The van der Waals surface area contributed by atoms with Crippen molar-refractivity contribution in [3.8, 4) is 0 Å². The van der Waals surface area contributed by atoms with Gasteiger partial charge in [0.1, 0.15) is 6.04 Å². The Balaban J connectivity index is 0.00000288. The lowest BCUT2D eigenvalue weighted by Crippen LogP contribution is -2.36. The average Bonchev–Trinajstić information content (AvgIpc) is 2.56. The third kappa shape index (κ3) is 8.41. The van der Waals surface area contributed by atoms with E-state index in [2.05, 4.69) is 17.1 Å². The molecule has 0 saturated carbocycles. The molecule has 6 heteroatoms. The van der Waals surface area contributed by atoms with E-state index in [1.54, 1.807) is 0 Å². The van der Waals surface area contributed by atoms with Crippen LogP contribution < -0.4 is 11.1 Å². The van der Waals surface area contributed by atoms with E-state index in [1.807, 2.05) is 31.2 Å². The highest BCUT2D eigenvalue weighted by atomic mass is 35.5. The number of rotatable bonds is 7. The molecule has 0 bridgehead atoms. The zero-order valence-corrected chi connectivity index (χ0v) is 17.0. The maximum absolute atomic E-state index is 12.1. The summed E-state index contributed by atoms with van der Waals surface area (Å²) in [6.45, 7) is 8.68. The normalized spacial score (nSPS) is 16.4. The molecule has 25 heavy (non-hydrogen) atoms. The second-order valence-corrected chi connectivity index (χ2v) is 6.91. The molecule has 1 aromatic carbocycles. The van der Waals surface area contributed by atoms with E-state index in [0.717, 1.165) is 30.9 Å². The fourth-order valence-electron chi connectivity index (χ4n) is 2.99. The van der Waals surface area contributed by atoms with Gasteiger partial charge in [-0.3, -0.25) is 4.79 Å². The van der Waals surface area contributed by atoms with Gasteiger partial charge in [-0.15, -0.1) is 24.8 Å². The first-order valence-corrected chi connectivity index (χ1v) is 8.88. The minimum atomic E-state index is -0.570. The van der Waals surface area contributed by atoms with E-state index in [0.29, 0.717) is 6.54 Å². The summed E-state index contributed by atoms with van der Waals surface area (Å²) in [5.74, 6) is 0.800. The Morgan fingerprint density at radius 3 is 2.40 bits per heavy atom. The monoisotopic (exact) mass is 389 g/mol. The number of carbonyl (C=O) groups is 1. The smallest absolute Gasteiger partial charge is 0.241 e. The molecule has 3 N–H and O–H groups in total. The summed E-state index contributed by atoms with van der Waals surface area (Å²) < 4.78 is 0. The fraction of sp³-hybridized carbons (Fsp3) is 0.632. The summed E-state index contributed by atoms with van der Waals surface area (Å²) in [4.78, 5) is 14.6. The van der Waals surface area contributed by atoms with Crippen LogP contribution in [-0.4, -0.2) is 37.0 Å². The van der Waals surface area contributed by atoms with Crippen molar-refractivity contribution in [1.82, 2.24) is 10.2 Å². The Hall–Kier alpha value is -0.810. The molecular weight excluding hydrogens is 357 g/mol. The number of aryl methyl sites for hydroxylation is 1. The molecule has 1 aromatic rings. The van der Waals surface area contributed by atoms with Crippen LogP contribution in [0.25, 0.3) is 0 Å². The number of nitrogens with zero attached hydrogens (tertiary/aromatic N) is 1. The van der Waals surface area contributed by atoms with Crippen LogP contribution in [0.4, 0.5) is 0 Å². The van der Waals surface area contributed by atoms with Crippen molar-refractivity contribution in [1.29, 1.82) is 0 Å². The van der Waals surface area contributed by atoms with Gasteiger partial charge in [0, 0.05) is 6.54 Å². The molecule has 1 fully saturated rings. The van der Waals surface area contributed by atoms with Crippen LogP contribution in [-0.2, 0) is 4.79 Å². The Bertz CT molecular complexity index is 488. The predicted octanol–water partition coefficient (Wildman–Crippen LogP) is 3.47. The van der Waals surface area contributed by atoms with Gasteiger partial charge in [0.25, 0.3) is 0 Å². The van der Waals surface area contributed by atoms with Gasteiger partial charge in [-0.25, -0.2) is 0 Å². The molecule has 1 aliphatic heterocycles. The minimum absolute atomic E-state index is 0. The first kappa shape index (κ1) is 24.2. The second-order valence-electron chi connectivity index (χ2n) is 6.91. The molecule has 0 spiro atoms. The van der Waals surface area contributed by atoms with Crippen LogP contribution in [0.3, 0.4) is 0 Å². The van der Waals surface area contributed by atoms with Gasteiger partial charge in [-0.2, -0.15) is 0 Å². The predicted molar refractivity (Wildman–Crippen MR) is 110 cm³/mol. The van der Waals surface area contributed by atoms with Gasteiger partial charge >= 0.3 is 0 Å². The third-order valence-corrected chi connectivity index (χ3v) is 4.80. The Labute approximate surface area is 164 Å². The number of amides is 1. The fourth-order valence-corrected chi connectivity index (χ4v) is 2.99. The number of carbonyl (C=O) groups excluding carboxylic acids is 1. The van der Waals surface area contributed by atoms with Gasteiger partial charge in [0.05, 0.1) is 0 Å². The largest absolute Gasteiger partial charge is 0.354 e. The number of hydrogen-bond acceptors (Lipinski definition) is 3. The highest BCUT2D eigenvalue weighted by Gasteiger charge is 2.16. The molecule has 1 amide bonds. The first-order valence-electron chi connectivity index (χ1n) is 8.88. The van der Waals surface area contributed by atoms with Crippen molar-refractivity contribution in [3.05, 3.63) is 35.4 Å². The Morgan fingerprint density at radius 2 is 1.80 bits per heavy atom. The Kier molecular flexibility index (Phi) is 12.1. The summed E-state index contributed by atoms with van der Waals surface area (Å²) in [5.41, 5.74) is 8.06. The van der Waals surface area contributed by atoms with Gasteiger partial charge in [0.2, 0.25) is 5.91 Å². The van der Waals surface area contributed by atoms with Gasteiger partial charge < -0.3 is 16.0 Å². The molecule has 4 nitrogen and oxygen atoms in total. The highest BCUT2D eigenvalue weighted by molar-refractivity contribution is 5.85. The van der Waals surface area contributed by atoms with E-state index < -0.39 is 6.04 Å². The van der Waals surface area contributed by atoms with Crippen molar-refractivity contribution in [2.24, 2.45) is 11.7 Å². The lowest BCUT2D eigenvalue weighted by Gasteiger charge is -2.30. The summed E-state index contributed by atoms with van der Waals surface area (Å²) in [7, 11) is 0. The van der Waals surface area contributed by atoms with Crippen molar-refractivity contribution >= 4 is 30.7 Å². The van der Waals surface area contributed by atoms with Gasteiger partial charge in [0.15, 0.2) is 0 Å². The Morgan fingerprint density at radius 1 is 1.20 bits per heavy atom. The van der Waals surface area contributed by atoms with Crippen molar-refractivity contribution in [2.45, 2.75) is 45.6 Å². The van der Waals surface area contributed by atoms with Crippen molar-refractivity contribution < 1.29 is 4.79 Å². The number of benzene rings is 1. The van der Waals surface area contributed by atoms with Crippen LogP contribution in [0.2, 0.25) is 0 Å². The molecule has 144 valence electrons. The quantitative estimate of drug-likeness (QED) is 0.701. The average molecular weight is 390 g/mol. The minimum Gasteiger partial charge on any atom is -0.354 e. The zero-order chi connectivity index (χ0) is 16.7. The van der Waals surface area contributed by atoms with Gasteiger partial charge in [-0.05, 0) is 63.7 Å². The standard InChI is InChI=1S/C19H31N3O.2ClH/c1-15-5-7-17(8-6-15)18(20)19(23)21-11-3-4-12-22-13-9-16(2)10-14-22;;/h5-8,16,18H,3-4,9-14,20H2,1-2H3,(H,21,23);2*1H. The third-order valence-electron chi connectivity index (χ3n) is 4.80. The van der Waals surface area contributed by atoms with Gasteiger partial charge in [-0.1, -0.05) is 36.8 Å². The van der Waals surface area contributed by atoms with Crippen LogP contribution in [0.1, 0.15) is 49.8 Å². The SMILES string of the molecule is Cc1ccc(C(N)C(=O)NCCCCN2CCC(C)CC2)cc1.Cl.Cl. The highest BCUT2D eigenvalue weighted by Crippen LogP contribution is 2.16. The molecule has 1 heterocycles. The zero-order valence-electron chi connectivity index (χ0n) is 15.4. The van der Waals surface area contributed by atoms with E-state index in [1.165, 1.54) is 31.5 Å². The topological polar surface area (TPSA) is 58.4 Å². The number of halogens is 2. The van der Waals surface area contributed by atoms with E-state index in [-0.39, 0.29) is 30.7 Å². The van der Waals surface area contributed by atoms with E-state index >= 15 is 0 Å². The second kappa shape index (κ2) is 12.5. The van der Waals surface area contributed by atoms with Crippen LogP contribution in [0.5, 0.6) is 0 Å². The number of piperidine rings is 1. The first-order chi connectivity index (χ1) is 11.1. The molecule has 0 aliphatic carbocycles. The number of unbranched alkanes of at least 4 members (excludes halogenated alkanes) is 1. The van der Waals surface area contributed by atoms with Crippen molar-refractivity contribution in [2.75, 3.05) is 26.2 Å². The summed E-state index contributed by atoms with van der Waals surface area (Å²) >= 11 is 0. The van der Waals surface area contributed by atoms with Crippen molar-refractivity contribution in [3.63, 3.8) is 0 Å². The molecule has 0 aromatic heterocycles. The molecule has 1 unspecified atom stereocenters. The number of hydrogen-bond donors (Lipinski definition) is 2. The summed E-state index contributed by atoms with van der Waals surface area (Å²) in [6.07, 6.45) is 4.79. The van der Waals surface area contributed by atoms with Crippen LogP contribution >= 0.6 is 24.8 Å². The summed E-state index contributed by atoms with van der Waals surface area (Å²) in [5, 5.41) is 2.96. The lowest BCUT2D eigenvalue weighted by atomic mass is 9.99. The molecule has 1 atom stereocenters. The molecule has 0 radical (unpaired) electrons. The number of nitrogens with one attached hydrogen (secondary N) is 1. The maximum Gasteiger partial charge on any atom is 0.241 e. The van der Waals surface area contributed by atoms with Crippen LogP contribution in [0, 0.1) is 12.8 Å². The maximum atomic E-state index is 12.1. The van der Waals surface area contributed by atoms with E-state index in [4.69, 9.17) is 5.73 Å². The lowest BCUT2D eigenvalue weighted by molar-refractivity contribution is -0.122. The summed E-state index contributed by atoms with van der Waals surface area (Å²) in [6, 6.07) is 7.26. The molecular formula is C19H33Cl2N3O.